The van der Waals surface area contributed by atoms with Crippen molar-refractivity contribution in [2.75, 3.05) is 0 Å². The first-order valence-corrected chi connectivity index (χ1v) is 24.0. The number of para-hydroxylation sites is 4. The number of aromatic nitrogens is 4. The number of hydrogen-bond donors (Lipinski definition) is 0. The molecule has 4 aromatic heterocycles. The zero-order valence-corrected chi connectivity index (χ0v) is 37.9. The summed E-state index contributed by atoms with van der Waals surface area (Å²) >= 11 is 0. The van der Waals surface area contributed by atoms with Gasteiger partial charge in [0.05, 0.1) is 44.3 Å². The first kappa shape index (κ1) is 38.7. The molecule has 4 nitrogen and oxygen atoms in total. The summed E-state index contributed by atoms with van der Waals surface area (Å²) in [4.78, 5) is 10.9. The molecule has 0 radical (unpaired) electrons. The van der Waals surface area contributed by atoms with Crippen LogP contribution in [0.25, 0.3) is 143 Å². The molecule has 0 aliphatic rings. The quantitative estimate of drug-likeness (QED) is 0.127. The zero-order valence-electron chi connectivity index (χ0n) is 37.9. The third-order valence-electron chi connectivity index (χ3n) is 14.7. The number of rotatable bonds is 5. The van der Waals surface area contributed by atoms with E-state index in [1.165, 1.54) is 71.1 Å². The fourth-order valence-corrected chi connectivity index (χ4v) is 11.7. The summed E-state index contributed by atoms with van der Waals surface area (Å²) in [6, 6.07) is 88.0. The number of pyridine rings is 2. The molecule has 0 saturated heterocycles. The van der Waals surface area contributed by atoms with E-state index in [2.05, 4.69) is 252 Å². The van der Waals surface area contributed by atoms with Crippen LogP contribution in [0.15, 0.2) is 243 Å². The van der Waals surface area contributed by atoms with Crippen molar-refractivity contribution in [3.05, 3.63) is 243 Å². The summed E-state index contributed by atoms with van der Waals surface area (Å²) in [5.74, 6) is 0. The maximum Gasteiger partial charge on any atom is 0.0978 e. The topological polar surface area (TPSA) is 35.6 Å². The van der Waals surface area contributed by atoms with Gasteiger partial charge in [-0.2, -0.15) is 0 Å². The highest BCUT2D eigenvalue weighted by Crippen LogP contribution is 2.46. The minimum atomic E-state index is 0.900. The summed E-state index contributed by atoms with van der Waals surface area (Å²) in [6.45, 7) is 0. The Morgan fingerprint density at radius 1 is 0.257 bits per heavy atom. The minimum absolute atomic E-state index is 0.900. The number of nitrogens with zero attached hydrogens (tertiary/aromatic N) is 4. The largest absolute Gasteiger partial charge is 0.307 e. The van der Waals surface area contributed by atoms with Gasteiger partial charge in [-0.3, -0.25) is 0 Å². The van der Waals surface area contributed by atoms with E-state index in [9.17, 15) is 0 Å². The van der Waals surface area contributed by atoms with Crippen molar-refractivity contribution in [3.8, 4) is 44.9 Å². The molecule has 0 N–H and O–H groups in total. The van der Waals surface area contributed by atoms with Crippen molar-refractivity contribution in [2.45, 2.75) is 0 Å². The Labute approximate surface area is 402 Å². The Balaban J connectivity index is 0.940. The van der Waals surface area contributed by atoms with E-state index in [4.69, 9.17) is 9.97 Å². The molecule has 0 unspecified atom stereocenters. The minimum Gasteiger partial charge on any atom is -0.307 e. The Bertz CT molecular complexity index is 4570. The molecular weight excluding hydrogens is 849 g/mol. The van der Waals surface area contributed by atoms with Crippen LogP contribution in [0.3, 0.4) is 0 Å². The van der Waals surface area contributed by atoms with Crippen molar-refractivity contribution in [1.29, 1.82) is 0 Å². The first-order valence-electron chi connectivity index (χ1n) is 24.0. The Hall–Kier alpha value is -9.38. The lowest BCUT2D eigenvalue weighted by Gasteiger charge is -2.18. The Kier molecular flexibility index (Phi) is 8.33. The molecule has 11 aromatic carbocycles. The van der Waals surface area contributed by atoms with Gasteiger partial charge in [0, 0.05) is 60.2 Å². The predicted octanol–water partition coefficient (Wildman–Crippen LogP) is 17.4. The second-order valence-corrected chi connectivity index (χ2v) is 18.4. The molecule has 0 amide bonds. The van der Waals surface area contributed by atoms with E-state index in [-0.39, 0.29) is 0 Å². The zero-order chi connectivity index (χ0) is 45.9. The van der Waals surface area contributed by atoms with Crippen LogP contribution in [0.1, 0.15) is 0 Å². The molecule has 0 aliphatic carbocycles. The van der Waals surface area contributed by atoms with Crippen molar-refractivity contribution in [2.24, 2.45) is 0 Å². The molecule has 0 bridgehead atoms. The van der Waals surface area contributed by atoms with Gasteiger partial charge in [0.1, 0.15) is 0 Å². The van der Waals surface area contributed by atoms with Gasteiger partial charge >= 0.3 is 0 Å². The summed E-state index contributed by atoms with van der Waals surface area (Å²) < 4.78 is 4.92. The van der Waals surface area contributed by atoms with Gasteiger partial charge in [0.2, 0.25) is 0 Å². The van der Waals surface area contributed by atoms with E-state index in [0.717, 1.165) is 71.7 Å². The van der Waals surface area contributed by atoms with Gasteiger partial charge in [0.25, 0.3) is 0 Å². The van der Waals surface area contributed by atoms with Crippen LogP contribution in [0.2, 0.25) is 0 Å². The predicted molar refractivity (Wildman–Crippen MR) is 295 cm³/mol. The highest BCUT2D eigenvalue weighted by molar-refractivity contribution is 6.25. The second-order valence-electron chi connectivity index (χ2n) is 18.4. The number of hydrogen-bond acceptors (Lipinski definition) is 2. The fourth-order valence-electron chi connectivity index (χ4n) is 11.7. The van der Waals surface area contributed by atoms with Crippen LogP contribution < -0.4 is 0 Å². The van der Waals surface area contributed by atoms with Crippen LogP contribution in [-0.2, 0) is 0 Å². The molecule has 15 aromatic rings. The molecular formula is C66H40N4. The molecule has 0 saturated carbocycles. The van der Waals surface area contributed by atoms with Crippen molar-refractivity contribution < 1.29 is 0 Å². The first-order chi connectivity index (χ1) is 34.8. The van der Waals surface area contributed by atoms with Crippen LogP contribution in [0, 0.1) is 0 Å². The molecule has 324 valence electrons. The maximum atomic E-state index is 5.60. The molecule has 15 rings (SSSR count). The smallest absolute Gasteiger partial charge is 0.0978 e. The van der Waals surface area contributed by atoms with Crippen molar-refractivity contribution in [1.82, 2.24) is 19.1 Å². The molecule has 0 aliphatic heterocycles. The third-order valence-corrected chi connectivity index (χ3v) is 14.7. The lowest BCUT2D eigenvalue weighted by atomic mass is 9.87. The summed E-state index contributed by atoms with van der Waals surface area (Å²) in [6.07, 6.45) is 0. The summed E-state index contributed by atoms with van der Waals surface area (Å²) in [5.41, 5.74) is 16.6. The maximum absolute atomic E-state index is 5.60. The van der Waals surface area contributed by atoms with E-state index in [1.54, 1.807) is 0 Å². The van der Waals surface area contributed by atoms with Gasteiger partial charge in [-0.05, 0) is 86.8 Å². The van der Waals surface area contributed by atoms with Gasteiger partial charge in [-0.25, -0.2) is 9.97 Å². The highest BCUT2D eigenvalue weighted by Gasteiger charge is 2.23. The molecule has 0 spiro atoms. The van der Waals surface area contributed by atoms with E-state index in [0.29, 0.717) is 0 Å². The lowest BCUT2D eigenvalue weighted by Crippen LogP contribution is -1.98. The highest BCUT2D eigenvalue weighted by atomic mass is 15.0. The van der Waals surface area contributed by atoms with Gasteiger partial charge in [-0.1, -0.05) is 194 Å². The van der Waals surface area contributed by atoms with E-state index >= 15 is 0 Å². The second kappa shape index (κ2) is 15.1. The Morgan fingerprint density at radius 2 is 0.700 bits per heavy atom. The van der Waals surface area contributed by atoms with Gasteiger partial charge in [0.15, 0.2) is 0 Å². The van der Waals surface area contributed by atoms with Crippen LogP contribution in [-0.4, -0.2) is 19.1 Å². The third kappa shape index (κ3) is 5.59. The molecule has 4 heterocycles. The van der Waals surface area contributed by atoms with Crippen molar-refractivity contribution in [3.63, 3.8) is 0 Å². The summed E-state index contributed by atoms with van der Waals surface area (Å²) in [5, 5.41) is 12.9. The van der Waals surface area contributed by atoms with Crippen LogP contribution >= 0.6 is 0 Å². The fraction of sp³-hybridized carbons (Fsp3) is 0. The van der Waals surface area contributed by atoms with E-state index in [1.807, 2.05) is 0 Å². The van der Waals surface area contributed by atoms with Gasteiger partial charge in [-0.15, -0.1) is 0 Å². The molecule has 0 atom stereocenters. The molecule has 70 heavy (non-hydrogen) atoms. The van der Waals surface area contributed by atoms with Crippen LogP contribution in [0.4, 0.5) is 0 Å². The average molecular weight is 889 g/mol. The molecule has 0 fully saturated rings. The monoisotopic (exact) mass is 888 g/mol. The number of benzene rings is 11. The lowest BCUT2D eigenvalue weighted by molar-refractivity contribution is 1.15. The average Bonchev–Trinajstić information content (AvgIpc) is 3.95. The summed E-state index contributed by atoms with van der Waals surface area (Å²) in [7, 11) is 0. The molecule has 4 heteroatoms. The van der Waals surface area contributed by atoms with Crippen LogP contribution in [0.5, 0.6) is 0 Å². The Morgan fingerprint density at radius 3 is 1.31 bits per heavy atom. The van der Waals surface area contributed by atoms with E-state index < -0.39 is 0 Å². The standard InChI is InChI=1S/C66H40N4/c1-3-17-41(18-4-1)61-54-27-11-14-28-56(54)67-64-55(61)37-33-43-34-40-57(68-63(43)64)62-50-25-9-7-23-48(50)60(49-24-8-10-26-51(49)62)42-31-35-45(36-32-42)70-59-30-16-13-22-47(59)53-39-38-52-46-21-12-15-29-58(46)69(65(52)66(53)70)44-19-5-2-6-20-44/h1-40H. The van der Waals surface area contributed by atoms with Crippen molar-refractivity contribution >= 4 is 97.9 Å². The van der Waals surface area contributed by atoms with Gasteiger partial charge < -0.3 is 9.13 Å². The number of fused-ring (bicyclic) bond motifs is 13. The SMILES string of the molecule is c1ccc(-c2c3ccccc3nc3c2ccc2ccc(-c4c5ccccc5c(-c5ccc(-n6c7ccccc7c7ccc8c9ccccc9n(-c9ccccc9)c8c76)cc5)c5ccccc45)nc23)cc1. The normalized spacial score (nSPS) is 12.0.